The van der Waals surface area contributed by atoms with Crippen molar-refractivity contribution >= 4 is 40.4 Å². The number of carbonyl (C=O) groups excluding carboxylic acids is 2. The maximum Gasteiger partial charge on any atom is 0.296 e. The van der Waals surface area contributed by atoms with Crippen LogP contribution in [0.4, 0.5) is 17.1 Å². The summed E-state index contributed by atoms with van der Waals surface area (Å²) in [6.07, 6.45) is 0. The molecule has 158 valence electrons. The van der Waals surface area contributed by atoms with Gasteiger partial charge < -0.3 is 14.8 Å². The number of halogens is 1. The first-order valence-corrected chi connectivity index (χ1v) is 8.94. The SMILES string of the molecule is COc1cc(Cl)c(NC(=O)C(N=Nc2ccc(C)cc2[N+](=O)[O-])C(C)=O)cc1OC. The number of methoxy groups -OCH3 is 2. The third kappa shape index (κ3) is 5.29. The van der Waals surface area contributed by atoms with Crippen LogP contribution in [0.2, 0.25) is 5.02 Å². The van der Waals surface area contributed by atoms with Crippen molar-refractivity contribution in [2.75, 3.05) is 19.5 Å². The number of nitro benzene ring substituents is 1. The number of ketones is 1. The van der Waals surface area contributed by atoms with Crippen LogP contribution in [0.25, 0.3) is 0 Å². The number of amides is 1. The van der Waals surface area contributed by atoms with Crippen LogP contribution in [0.3, 0.4) is 0 Å². The van der Waals surface area contributed by atoms with Gasteiger partial charge in [0.1, 0.15) is 0 Å². The predicted octanol–water partition coefficient (Wildman–Crippen LogP) is 4.25. The molecule has 0 saturated heterocycles. The Morgan fingerprint density at radius 1 is 1.17 bits per heavy atom. The number of azo groups is 1. The molecule has 1 amide bonds. The number of ether oxygens (including phenoxy) is 2. The number of nitrogens with zero attached hydrogens (tertiary/aromatic N) is 3. The zero-order chi connectivity index (χ0) is 22.4. The highest BCUT2D eigenvalue weighted by molar-refractivity contribution is 6.34. The van der Waals surface area contributed by atoms with Gasteiger partial charge in [0.2, 0.25) is 6.04 Å². The van der Waals surface area contributed by atoms with Crippen LogP contribution in [0.15, 0.2) is 40.6 Å². The third-order valence-electron chi connectivity index (χ3n) is 3.97. The summed E-state index contributed by atoms with van der Waals surface area (Å²) in [5.74, 6) is -0.749. The van der Waals surface area contributed by atoms with Gasteiger partial charge in [-0.3, -0.25) is 19.7 Å². The minimum absolute atomic E-state index is 0.0752. The van der Waals surface area contributed by atoms with Crippen molar-refractivity contribution in [1.82, 2.24) is 0 Å². The van der Waals surface area contributed by atoms with E-state index >= 15 is 0 Å². The summed E-state index contributed by atoms with van der Waals surface area (Å²) in [5, 5.41) is 21.3. The van der Waals surface area contributed by atoms with Crippen molar-refractivity contribution in [2.24, 2.45) is 10.2 Å². The van der Waals surface area contributed by atoms with E-state index in [4.69, 9.17) is 21.1 Å². The lowest BCUT2D eigenvalue weighted by molar-refractivity contribution is -0.384. The largest absolute Gasteiger partial charge is 0.493 e. The molecule has 0 bridgehead atoms. The first kappa shape index (κ1) is 22.8. The molecule has 0 aliphatic carbocycles. The van der Waals surface area contributed by atoms with Gasteiger partial charge >= 0.3 is 0 Å². The maximum absolute atomic E-state index is 12.6. The molecule has 2 aromatic carbocycles. The summed E-state index contributed by atoms with van der Waals surface area (Å²) >= 11 is 6.14. The van der Waals surface area contributed by atoms with Gasteiger partial charge in [-0.15, -0.1) is 5.11 Å². The topological polar surface area (TPSA) is 132 Å². The number of anilines is 1. The Labute approximate surface area is 177 Å². The molecular weight excluding hydrogens is 416 g/mol. The average molecular weight is 435 g/mol. The van der Waals surface area contributed by atoms with Crippen LogP contribution in [-0.2, 0) is 9.59 Å². The molecule has 0 aliphatic heterocycles. The molecule has 0 spiro atoms. The number of nitro groups is 1. The molecule has 0 fully saturated rings. The smallest absolute Gasteiger partial charge is 0.296 e. The van der Waals surface area contributed by atoms with Crippen LogP contribution in [-0.4, -0.2) is 36.9 Å². The number of aryl methyl sites for hydroxylation is 1. The van der Waals surface area contributed by atoms with Gasteiger partial charge in [0.15, 0.2) is 23.0 Å². The minimum atomic E-state index is -1.53. The molecule has 30 heavy (non-hydrogen) atoms. The number of benzene rings is 2. The number of rotatable bonds is 8. The molecule has 1 unspecified atom stereocenters. The molecule has 11 heteroatoms. The lowest BCUT2D eigenvalue weighted by Crippen LogP contribution is -2.32. The molecule has 1 N–H and O–H groups in total. The molecule has 2 aromatic rings. The van der Waals surface area contributed by atoms with Crippen LogP contribution < -0.4 is 14.8 Å². The average Bonchev–Trinajstić information content (AvgIpc) is 2.69. The van der Waals surface area contributed by atoms with Gasteiger partial charge in [0, 0.05) is 18.2 Å². The molecule has 10 nitrogen and oxygen atoms in total. The van der Waals surface area contributed by atoms with Crippen molar-refractivity contribution in [1.29, 1.82) is 0 Å². The maximum atomic E-state index is 12.6. The number of Topliss-reactive ketones (excluding diaryl/α,β-unsaturated/α-hetero) is 1. The summed E-state index contributed by atoms with van der Waals surface area (Å²) in [7, 11) is 2.85. The van der Waals surface area contributed by atoms with E-state index in [-0.39, 0.29) is 22.1 Å². The van der Waals surface area contributed by atoms with E-state index in [0.29, 0.717) is 17.1 Å². The number of hydrogen-bond acceptors (Lipinski definition) is 8. The van der Waals surface area contributed by atoms with E-state index in [0.717, 1.165) is 6.92 Å². The Balaban J connectivity index is 2.32. The van der Waals surface area contributed by atoms with Crippen LogP contribution >= 0.6 is 11.6 Å². The van der Waals surface area contributed by atoms with Gasteiger partial charge in [-0.1, -0.05) is 17.7 Å². The quantitative estimate of drug-likeness (QED) is 0.285. The Morgan fingerprint density at radius 2 is 1.80 bits per heavy atom. The summed E-state index contributed by atoms with van der Waals surface area (Å²) in [4.78, 5) is 35.1. The third-order valence-corrected chi connectivity index (χ3v) is 4.29. The van der Waals surface area contributed by atoms with E-state index in [9.17, 15) is 19.7 Å². The first-order valence-electron chi connectivity index (χ1n) is 8.56. The summed E-state index contributed by atoms with van der Waals surface area (Å²) < 4.78 is 10.3. The molecule has 2 rings (SSSR count). The fourth-order valence-corrected chi connectivity index (χ4v) is 2.65. The molecule has 0 saturated carbocycles. The van der Waals surface area contributed by atoms with E-state index in [2.05, 4.69) is 15.5 Å². The number of nitrogens with one attached hydrogen (secondary N) is 1. The molecule has 0 aromatic heterocycles. The van der Waals surface area contributed by atoms with Crippen molar-refractivity contribution in [3.8, 4) is 11.5 Å². The van der Waals surface area contributed by atoms with E-state index < -0.39 is 22.7 Å². The number of carbonyl (C=O) groups is 2. The Kier molecular flexibility index (Phi) is 7.43. The summed E-state index contributed by atoms with van der Waals surface area (Å²) in [5.41, 5.74) is 0.463. The zero-order valence-corrected chi connectivity index (χ0v) is 17.4. The molecule has 0 aliphatic rings. The number of hydrogen-bond donors (Lipinski definition) is 1. The van der Waals surface area contributed by atoms with E-state index in [1.807, 2.05) is 0 Å². The fourth-order valence-electron chi connectivity index (χ4n) is 2.45. The van der Waals surface area contributed by atoms with Crippen molar-refractivity contribution in [3.05, 3.63) is 51.0 Å². The lowest BCUT2D eigenvalue weighted by Gasteiger charge is -2.14. The highest BCUT2D eigenvalue weighted by Crippen LogP contribution is 2.36. The van der Waals surface area contributed by atoms with Gasteiger partial charge in [-0.25, -0.2) is 0 Å². The van der Waals surface area contributed by atoms with E-state index in [1.165, 1.54) is 38.5 Å². The van der Waals surface area contributed by atoms with Crippen molar-refractivity contribution in [3.63, 3.8) is 0 Å². The lowest BCUT2D eigenvalue weighted by atomic mass is 10.2. The monoisotopic (exact) mass is 434 g/mol. The second-order valence-corrected chi connectivity index (χ2v) is 6.56. The van der Waals surface area contributed by atoms with E-state index in [1.54, 1.807) is 13.0 Å². The molecular formula is C19H19ClN4O6. The van der Waals surface area contributed by atoms with Crippen LogP contribution in [0, 0.1) is 17.0 Å². The first-order chi connectivity index (χ1) is 14.2. The summed E-state index contributed by atoms with van der Waals surface area (Å²) in [6, 6.07) is 5.65. The van der Waals surface area contributed by atoms with Gasteiger partial charge in [0.25, 0.3) is 11.6 Å². The molecule has 0 heterocycles. The Morgan fingerprint density at radius 3 is 2.37 bits per heavy atom. The zero-order valence-electron chi connectivity index (χ0n) is 16.6. The molecule has 0 radical (unpaired) electrons. The Bertz CT molecular complexity index is 1020. The summed E-state index contributed by atoms with van der Waals surface area (Å²) in [6.45, 7) is 2.84. The minimum Gasteiger partial charge on any atom is -0.493 e. The second kappa shape index (κ2) is 9.79. The standard InChI is InChI=1S/C19H19ClN4O6/c1-10-5-6-13(15(7-10)24(27)28)22-23-18(11(2)25)19(26)21-14-9-17(30-4)16(29-3)8-12(14)20/h5-9,18H,1-4H3,(H,21,26). The van der Waals surface area contributed by atoms with Gasteiger partial charge in [0.05, 0.1) is 29.9 Å². The highest BCUT2D eigenvalue weighted by Gasteiger charge is 2.25. The van der Waals surface area contributed by atoms with Crippen LogP contribution in [0.5, 0.6) is 11.5 Å². The normalized spacial score (nSPS) is 11.8. The predicted molar refractivity (Wildman–Crippen MR) is 110 cm³/mol. The van der Waals surface area contributed by atoms with Crippen molar-refractivity contribution in [2.45, 2.75) is 19.9 Å². The highest BCUT2D eigenvalue weighted by atomic mass is 35.5. The van der Waals surface area contributed by atoms with Crippen molar-refractivity contribution < 1.29 is 24.0 Å². The van der Waals surface area contributed by atoms with Gasteiger partial charge in [-0.2, -0.15) is 5.11 Å². The fraction of sp³-hybridized carbons (Fsp3) is 0.263. The van der Waals surface area contributed by atoms with Gasteiger partial charge in [-0.05, 0) is 25.5 Å². The molecule has 1 atom stereocenters. The van der Waals surface area contributed by atoms with Crippen LogP contribution in [0.1, 0.15) is 12.5 Å². The Hall–Kier alpha value is -3.53. The second-order valence-electron chi connectivity index (χ2n) is 6.15.